The van der Waals surface area contributed by atoms with Crippen molar-refractivity contribution in [1.82, 2.24) is 10.3 Å². The lowest BCUT2D eigenvalue weighted by Crippen LogP contribution is -2.42. The van der Waals surface area contributed by atoms with Gasteiger partial charge in [0, 0.05) is 17.1 Å². The molecule has 1 heterocycles. The standard InChI is InChI=1S/C21H19ClF6N2O3/c1-19(32,12-5-6-12)9-29-17(31)15-8-14(11-3-2-4-13(22)7-11)18(33-10-20(23,24)25)30-16(15)21(26,27)28/h2-4,7-8,12,32H,5-6,9-10H2,1H3,(H,29,31). The number of pyridine rings is 1. The topological polar surface area (TPSA) is 71.5 Å². The summed E-state index contributed by atoms with van der Waals surface area (Å²) in [5.41, 5.74) is -4.14. The van der Waals surface area contributed by atoms with Crippen LogP contribution in [0.25, 0.3) is 11.1 Å². The summed E-state index contributed by atoms with van der Waals surface area (Å²) in [5, 5.41) is 12.8. The zero-order valence-electron chi connectivity index (χ0n) is 17.1. The minimum absolute atomic E-state index is 0.0850. The highest BCUT2D eigenvalue weighted by atomic mass is 35.5. The number of carbonyl (C=O) groups excluding carboxylic acids is 1. The lowest BCUT2D eigenvalue weighted by atomic mass is 9.99. The molecule has 2 N–H and O–H groups in total. The SMILES string of the molecule is CC(O)(CNC(=O)c1cc(-c2cccc(Cl)c2)c(OCC(F)(F)F)nc1C(F)(F)F)C1CC1. The Kier molecular flexibility index (Phi) is 6.86. The Labute approximate surface area is 189 Å². The maximum atomic E-state index is 13.7. The number of nitrogens with zero attached hydrogens (tertiary/aromatic N) is 1. The molecule has 1 aromatic heterocycles. The van der Waals surface area contributed by atoms with E-state index in [1.54, 1.807) is 0 Å². The van der Waals surface area contributed by atoms with Gasteiger partial charge in [-0.3, -0.25) is 4.79 Å². The maximum Gasteiger partial charge on any atom is 0.434 e. The number of rotatable bonds is 7. The van der Waals surface area contributed by atoms with Gasteiger partial charge in [0.15, 0.2) is 12.3 Å². The summed E-state index contributed by atoms with van der Waals surface area (Å²) in [7, 11) is 0. The van der Waals surface area contributed by atoms with Crippen LogP contribution in [0.5, 0.6) is 5.88 Å². The number of aliphatic hydroxyl groups is 1. The Morgan fingerprint density at radius 3 is 2.42 bits per heavy atom. The number of hydrogen-bond donors (Lipinski definition) is 2. The van der Waals surface area contributed by atoms with Crippen molar-refractivity contribution >= 4 is 17.5 Å². The smallest absolute Gasteiger partial charge is 0.434 e. The van der Waals surface area contributed by atoms with Gasteiger partial charge in [-0.25, -0.2) is 4.98 Å². The fraction of sp³-hybridized carbons (Fsp3) is 0.429. The van der Waals surface area contributed by atoms with Crippen LogP contribution in [0, 0.1) is 5.92 Å². The minimum atomic E-state index is -5.17. The number of aromatic nitrogens is 1. The van der Waals surface area contributed by atoms with E-state index in [-0.39, 0.29) is 28.6 Å². The van der Waals surface area contributed by atoms with Crippen LogP contribution >= 0.6 is 11.6 Å². The maximum absolute atomic E-state index is 13.7. The first-order valence-electron chi connectivity index (χ1n) is 9.76. The van der Waals surface area contributed by atoms with Crippen LogP contribution in [0.3, 0.4) is 0 Å². The summed E-state index contributed by atoms with van der Waals surface area (Å²) >= 11 is 5.91. The largest absolute Gasteiger partial charge is 0.468 e. The third-order valence-electron chi connectivity index (χ3n) is 5.07. The lowest BCUT2D eigenvalue weighted by Gasteiger charge is -2.24. The molecule has 180 valence electrons. The molecule has 0 spiro atoms. The first kappa shape index (κ1) is 25.1. The van der Waals surface area contributed by atoms with Gasteiger partial charge in [-0.15, -0.1) is 0 Å². The molecule has 1 fully saturated rings. The molecule has 12 heteroatoms. The van der Waals surface area contributed by atoms with Crippen molar-refractivity contribution in [3.05, 3.63) is 46.6 Å². The molecule has 1 saturated carbocycles. The highest BCUT2D eigenvalue weighted by molar-refractivity contribution is 6.30. The molecular weight excluding hydrogens is 478 g/mol. The van der Waals surface area contributed by atoms with Gasteiger partial charge in [0.2, 0.25) is 5.88 Å². The zero-order chi connectivity index (χ0) is 24.6. The predicted molar refractivity (Wildman–Crippen MR) is 107 cm³/mol. The molecule has 1 aliphatic rings. The van der Waals surface area contributed by atoms with Gasteiger partial charge in [-0.05, 0) is 49.4 Å². The first-order chi connectivity index (χ1) is 15.2. The Bertz CT molecular complexity index is 1040. The van der Waals surface area contributed by atoms with Gasteiger partial charge in [0.25, 0.3) is 5.91 Å². The molecule has 5 nitrogen and oxygen atoms in total. The van der Waals surface area contributed by atoms with Crippen molar-refractivity contribution in [1.29, 1.82) is 0 Å². The molecule has 1 amide bonds. The summed E-state index contributed by atoms with van der Waals surface area (Å²) in [6.45, 7) is -0.743. The van der Waals surface area contributed by atoms with E-state index in [1.807, 2.05) is 0 Å². The molecule has 0 aliphatic heterocycles. The molecule has 0 radical (unpaired) electrons. The van der Waals surface area contributed by atoms with Crippen molar-refractivity contribution in [2.45, 2.75) is 37.7 Å². The number of nitrogens with one attached hydrogen (secondary N) is 1. The molecule has 3 rings (SSSR count). The van der Waals surface area contributed by atoms with Crippen molar-refractivity contribution in [2.75, 3.05) is 13.2 Å². The van der Waals surface area contributed by atoms with E-state index in [2.05, 4.69) is 15.0 Å². The van der Waals surface area contributed by atoms with Crippen LogP contribution in [0.4, 0.5) is 26.3 Å². The average Bonchev–Trinajstić information content (AvgIpc) is 3.54. The molecule has 1 aliphatic carbocycles. The number of benzene rings is 1. The van der Waals surface area contributed by atoms with Crippen LogP contribution in [0.1, 0.15) is 35.8 Å². The quantitative estimate of drug-likeness (QED) is 0.513. The first-order valence-corrected chi connectivity index (χ1v) is 10.1. The molecule has 1 atom stereocenters. The minimum Gasteiger partial charge on any atom is -0.468 e. The number of carbonyl (C=O) groups is 1. The van der Waals surface area contributed by atoms with Gasteiger partial charge in [-0.2, -0.15) is 26.3 Å². The Balaban J connectivity index is 2.06. The summed E-state index contributed by atoms with van der Waals surface area (Å²) in [6.07, 6.45) is -8.56. The summed E-state index contributed by atoms with van der Waals surface area (Å²) in [5.74, 6) is -2.23. The van der Waals surface area contributed by atoms with Crippen LogP contribution in [0.2, 0.25) is 5.02 Å². The van der Waals surface area contributed by atoms with Gasteiger partial charge in [0.05, 0.1) is 11.2 Å². The molecule has 33 heavy (non-hydrogen) atoms. The normalized spacial score (nSPS) is 16.3. The summed E-state index contributed by atoms with van der Waals surface area (Å²) in [4.78, 5) is 15.9. The number of alkyl halides is 6. The predicted octanol–water partition coefficient (Wildman–Crippen LogP) is 5.25. The Hall–Kier alpha value is -2.53. The lowest BCUT2D eigenvalue weighted by molar-refractivity contribution is -0.154. The number of hydrogen-bond acceptors (Lipinski definition) is 4. The van der Waals surface area contributed by atoms with Crippen LogP contribution < -0.4 is 10.1 Å². The third-order valence-corrected chi connectivity index (χ3v) is 5.31. The van der Waals surface area contributed by atoms with Crippen molar-refractivity contribution in [3.63, 3.8) is 0 Å². The average molecular weight is 497 g/mol. The van der Waals surface area contributed by atoms with Gasteiger partial charge >= 0.3 is 12.4 Å². The Morgan fingerprint density at radius 1 is 1.21 bits per heavy atom. The Morgan fingerprint density at radius 2 is 1.88 bits per heavy atom. The second-order valence-corrected chi connectivity index (χ2v) is 8.40. The van der Waals surface area contributed by atoms with E-state index in [4.69, 9.17) is 11.6 Å². The molecule has 0 bridgehead atoms. The fourth-order valence-electron chi connectivity index (χ4n) is 3.21. The highest BCUT2D eigenvalue weighted by Gasteiger charge is 2.42. The van der Waals surface area contributed by atoms with Crippen molar-refractivity contribution < 1.29 is 41.0 Å². The second kappa shape index (κ2) is 9.02. The van der Waals surface area contributed by atoms with Crippen LogP contribution in [0.15, 0.2) is 30.3 Å². The van der Waals surface area contributed by atoms with E-state index >= 15 is 0 Å². The number of amides is 1. The molecule has 1 unspecified atom stereocenters. The molecule has 0 saturated heterocycles. The molecule has 1 aromatic carbocycles. The van der Waals surface area contributed by atoms with Crippen molar-refractivity contribution in [3.8, 4) is 17.0 Å². The number of halogens is 7. The highest BCUT2D eigenvalue weighted by Crippen LogP contribution is 2.40. The monoisotopic (exact) mass is 496 g/mol. The van der Waals surface area contributed by atoms with E-state index in [9.17, 15) is 36.2 Å². The van der Waals surface area contributed by atoms with Gasteiger partial charge in [-0.1, -0.05) is 23.7 Å². The number of ether oxygens (including phenoxy) is 1. The fourth-order valence-corrected chi connectivity index (χ4v) is 3.40. The second-order valence-electron chi connectivity index (χ2n) is 7.96. The summed E-state index contributed by atoms with van der Waals surface area (Å²) in [6, 6.07) is 6.29. The third kappa shape index (κ3) is 6.50. The van der Waals surface area contributed by atoms with E-state index in [0.29, 0.717) is 0 Å². The zero-order valence-corrected chi connectivity index (χ0v) is 17.9. The van der Waals surface area contributed by atoms with Gasteiger partial charge < -0.3 is 15.2 Å². The van der Waals surface area contributed by atoms with E-state index in [1.165, 1.54) is 31.2 Å². The van der Waals surface area contributed by atoms with Crippen LogP contribution in [-0.2, 0) is 6.18 Å². The van der Waals surface area contributed by atoms with Crippen molar-refractivity contribution in [2.24, 2.45) is 5.92 Å². The van der Waals surface area contributed by atoms with Crippen LogP contribution in [-0.4, -0.2) is 40.9 Å². The van der Waals surface area contributed by atoms with E-state index in [0.717, 1.165) is 18.9 Å². The molecule has 2 aromatic rings. The summed E-state index contributed by atoms with van der Waals surface area (Å²) < 4.78 is 83.7. The van der Waals surface area contributed by atoms with Gasteiger partial charge in [0.1, 0.15) is 0 Å². The molecular formula is C21H19ClF6N2O3. The van der Waals surface area contributed by atoms with E-state index < -0.39 is 47.6 Å².